The topological polar surface area (TPSA) is 46.3 Å². The van der Waals surface area contributed by atoms with E-state index in [0.717, 1.165) is 13.0 Å². The Bertz CT molecular complexity index is 140. The highest BCUT2D eigenvalue weighted by Gasteiger charge is 2.21. The van der Waals surface area contributed by atoms with Crippen LogP contribution in [0.4, 0.5) is 0 Å². The van der Waals surface area contributed by atoms with Crippen LogP contribution in [0, 0.1) is 0 Å². The van der Waals surface area contributed by atoms with E-state index < -0.39 is 0 Å². The molecular weight excluding hydrogens is 164 g/mol. The molecule has 0 radical (unpaired) electrons. The standard InChI is InChI=1S/C7H14N2O.ClH/c1-9-4-2-3-6(9)5-7(8)10;/h6H,2-5H2,1H3,(H2,8,10);1H. The van der Waals surface area contributed by atoms with Crippen LogP contribution >= 0.6 is 12.4 Å². The van der Waals surface area contributed by atoms with Crippen molar-refractivity contribution >= 4 is 18.3 Å². The number of carbonyl (C=O) groups excluding carboxylic acids is 1. The molecule has 2 N–H and O–H groups in total. The van der Waals surface area contributed by atoms with Crippen LogP contribution in [0.25, 0.3) is 0 Å². The second kappa shape index (κ2) is 4.57. The lowest BCUT2D eigenvalue weighted by Crippen LogP contribution is -2.29. The largest absolute Gasteiger partial charge is 0.370 e. The van der Waals surface area contributed by atoms with Crippen molar-refractivity contribution in [3.63, 3.8) is 0 Å². The molecule has 0 aromatic heterocycles. The predicted molar refractivity (Wildman–Crippen MR) is 46.7 cm³/mol. The molecule has 4 heteroatoms. The first-order chi connectivity index (χ1) is 4.70. The minimum atomic E-state index is -0.182. The van der Waals surface area contributed by atoms with Crippen LogP contribution < -0.4 is 5.73 Å². The van der Waals surface area contributed by atoms with Crippen molar-refractivity contribution in [3.05, 3.63) is 0 Å². The lowest BCUT2D eigenvalue weighted by Gasteiger charge is -2.16. The van der Waals surface area contributed by atoms with Gasteiger partial charge in [0, 0.05) is 12.5 Å². The molecule has 1 atom stereocenters. The molecule has 1 amide bonds. The van der Waals surface area contributed by atoms with Crippen LogP contribution in [0.15, 0.2) is 0 Å². The van der Waals surface area contributed by atoms with Gasteiger partial charge in [-0.2, -0.15) is 0 Å². The Kier molecular flexibility index (Phi) is 4.45. The molecule has 0 saturated carbocycles. The quantitative estimate of drug-likeness (QED) is 0.665. The van der Waals surface area contributed by atoms with Crippen LogP contribution in [0.5, 0.6) is 0 Å². The van der Waals surface area contributed by atoms with Gasteiger partial charge in [0.15, 0.2) is 0 Å². The molecule has 3 nitrogen and oxygen atoms in total. The number of likely N-dealkylation sites (tertiary alicyclic amines) is 1. The van der Waals surface area contributed by atoms with E-state index in [0.29, 0.717) is 12.5 Å². The molecule has 1 aliphatic rings. The maximum atomic E-state index is 10.5. The minimum Gasteiger partial charge on any atom is -0.370 e. The predicted octanol–water partition coefficient (Wildman–Crippen LogP) is 0.378. The first kappa shape index (κ1) is 10.7. The van der Waals surface area contributed by atoms with E-state index in [1.54, 1.807) is 0 Å². The number of hydrogen-bond acceptors (Lipinski definition) is 2. The molecule has 66 valence electrons. The van der Waals surface area contributed by atoms with Gasteiger partial charge in [0.25, 0.3) is 0 Å². The lowest BCUT2D eigenvalue weighted by atomic mass is 10.1. The normalized spacial score (nSPS) is 24.6. The summed E-state index contributed by atoms with van der Waals surface area (Å²) in [6.07, 6.45) is 2.85. The zero-order valence-corrected chi connectivity index (χ0v) is 7.56. The van der Waals surface area contributed by atoms with E-state index in [2.05, 4.69) is 4.90 Å². The first-order valence-electron chi connectivity index (χ1n) is 3.68. The molecule has 0 spiro atoms. The van der Waals surface area contributed by atoms with Gasteiger partial charge in [-0.3, -0.25) is 4.79 Å². The fourth-order valence-corrected chi connectivity index (χ4v) is 1.47. The van der Waals surface area contributed by atoms with E-state index in [1.807, 2.05) is 7.05 Å². The van der Waals surface area contributed by atoms with Gasteiger partial charge in [0.2, 0.25) is 5.91 Å². The Morgan fingerprint density at radius 1 is 1.73 bits per heavy atom. The molecule has 1 aliphatic heterocycles. The first-order valence-corrected chi connectivity index (χ1v) is 3.68. The van der Waals surface area contributed by atoms with Gasteiger partial charge in [-0.15, -0.1) is 12.4 Å². The average Bonchev–Trinajstić information content (AvgIpc) is 2.15. The van der Waals surface area contributed by atoms with Crippen molar-refractivity contribution in [2.24, 2.45) is 5.73 Å². The molecule has 0 aromatic carbocycles. The van der Waals surface area contributed by atoms with E-state index in [1.165, 1.54) is 6.42 Å². The minimum absolute atomic E-state index is 0. The van der Waals surface area contributed by atoms with Crippen molar-refractivity contribution in [1.82, 2.24) is 4.90 Å². The van der Waals surface area contributed by atoms with Crippen molar-refractivity contribution in [3.8, 4) is 0 Å². The summed E-state index contributed by atoms with van der Waals surface area (Å²) in [4.78, 5) is 12.7. The van der Waals surface area contributed by atoms with Crippen LogP contribution in [0.2, 0.25) is 0 Å². The molecule has 0 aromatic rings. The van der Waals surface area contributed by atoms with Crippen molar-refractivity contribution in [2.45, 2.75) is 25.3 Å². The summed E-state index contributed by atoms with van der Waals surface area (Å²) in [6, 6.07) is 0.414. The number of primary amides is 1. The summed E-state index contributed by atoms with van der Waals surface area (Å²) in [5.41, 5.74) is 5.07. The summed E-state index contributed by atoms with van der Waals surface area (Å²) in [6.45, 7) is 1.11. The molecule has 1 fully saturated rings. The van der Waals surface area contributed by atoms with E-state index in [-0.39, 0.29) is 18.3 Å². The summed E-state index contributed by atoms with van der Waals surface area (Å²) in [5, 5.41) is 0. The molecular formula is C7H15ClN2O. The summed E-state index contributed by atoms with van der Waals surface area (Å²) >= 11 is 0. The maximum Gasteiger partial charge on any atom is 0.218 e. The van der Waals surface area contributed by atoms with Crippen LogP contribution in [0.3, 0.4) is 0 Å². The highest BCUT2D eigenvalue weighted by atomic mass is 35.5. The maximum absolute atomic E-state index is 10.5. The number of halogens is 1. The number of nitrogens with two attached hydrogens (primary N) is 1. The van der Waals surface area contributed by atoms with Crippen LogP contribution in [0.1, 0.15) is 19.3 Å². The number of nitrogens with zero attached hydrogens (tertiary/aromatic N) is 1. The van der Waals surface area contributed by atoms with Gasteiger partial charge in [-0.1, -0.05) is 0 Å². The van der Waals surface area contributed by atoms with Crippen molar-refractivity contribution < 1.29 is 4.79 Å². The highest BCUT2D eigenvalue weighted by molar-refractivity contribution is 5.85. The fourth-order valence-electron chi connectivity index (χ4n) is 1.47. The molecule has 1 saturated heterocycles. The third kappa shape index (κ3) is 3.08. The summed E-state index contributed by atoms with van der Waals surface area (Å²) in [5.74, 6) is -0.182. The van der Waals surface area contributed by atoms with E-state index in [9.17, 15) is 4.79 Å². The Balaban J connectivity index is 0.000001000. The van der Waals surface area contributed by atoms with Gasteiger partial charge in [0.05, 0.1) is 0 Å². The SMILES string of the molecule is CN1CCCC1CC(N)=O.Cl. The van der Waals surface area contributed by atoms with Crippen LogP contribution in [-0.2, 0) is 4.79 Å². The van der Waals surface area contributed by atoms with Gasteiger partial charge in [-0.05, 0) is 26.4 Å². The number of amides is 1. The zero-order chi connectivity index (χ0) is 7.56. The molecule has 1 rings (SSSR count). The van der Waals surface area contributed by atoms with Gasteiger partial charge >= 0.3 is 0 Å². The fraction of sp³-hybridized carbons (Fsp3) is 0.857. The second-order valence-corrected chi connectivity index (χ2v) is 2.95. The van der Waals surface area contributed by atoms with Crippen LogP contribution in [-0.4, -0.2) is 30.4 Å². The molecule has 11 heavy (non-hydrogen) atoms. The van der Waals surface area contributed by atoms with E-state index >= 15 is 0 Å². The van der Waals surface area contributed by atoms with E-state index in [4.69, 9.17) is 5.73 Å². The molecule has 1 heterocycles. The Morgan fingerprint density at radius 3 is 2.73 bits per heavy atom. The molecule has 0 bridgehead atoms. The Hall–Kier alpha value is -0.280. The molecule has 1 unspecified atom stereocenters. The Morgan fingerprint density at radius 2 is 2.36 bits per heavy atom. The third-order valence-corrected chi connectivity index (χ3v) is 2.11. The van der Waals surface area contributed by atoms with Gasteiger partial charge in [0.1, 0.15) is 0 Å². The second-order valence-electron chi connectivity index (χ2n) is 2.95. The van der Waals surface area contributed by atoms with Gasteiger partial charge in [-0.25, -0.2) is 0 Å². The Labute approximate surface area is 73.3 Å². The monoisotopic (exact) mass is 178 g/mol. The number of hydrogen-bond donors (Lipinski definition) is 1. The summed E-state index contributed by atoms with van der Waals surface area (Å²) < 4.78 is 0. The average molecular weight is 179 g/mol. The third-order valence-electron chi connectivity index (χ3n) is 2.11. The highest BCUT2D eigenvalue weighted by Crippen LogP contribution is 2.16. The summed E-state index contributed by atoms with van der Waals surface area (Å²) in [7, 11) is 2.04. The van der Waals surface area contributed by atoms with Crippen molar-refractivity contribution in [1.29, 1.82) is 0 Å². The van der Waals surface area contributed by atoms with Gasteiger partial charge < -0.3 is 10.6 Å². The smallest absolute Gasteiger partial charge is 0.218 e. The number of carbonyl (C=O) groups is 1. The van der Waals surface area contributed by atoms with Crippen molar-refractivity contribution in [2.75, 3.05) is 13.6 Å². The lowest BCUT2D eigenvalue weighted by molar-refractivity contribution is -0.118. The molecule has 0 aliphatic carbocycles. The number of rotatable bonds is 2. The zero-order valence-electron chi connectivity index (χ0n) is 6.75.